The van der Waals surface area contributed by atoms with Crippen LogP contribution in [-0.4, -0.2) is 21.3 Å². The van der Waals surface area contributed by atoms with Gasteiger partial charge in [-0.1, -0.05) is 59.3 Å². The minimum absolute atomic E-state index is 0.0342. The first kappa shape index (κ1) is 14.5. The minimum Gasteiger partial charge on any atom is -0.296 e. The average Bonchev–Trinajstić information content (AvgIpc) is 2.99. The summed E-state index contributed by atoms with van der Waals surface area (Å²) >= 11 is 5.94. The maximum absolute atomic E-state index is 11.3. The van der Waals surface area contributed by atoms with Crippen LogP contribution in [0, 0.1) is 0 Å². The first-order chi connectivity index (χ1) is 10.7. The molecule has 1 unspecified atom stereocenters. The van der Waals surface area contributed by atoms with Crippen LogP contribution in [0.3, 0.4) is 0 Å². The van der Waals surface area contributed by atoms with Gasteiger partial charge in [0.1, 0.15) is 5.69 Å². The van der Waals surface area contributed by atoms with E-state index in [0.29, 0.717) is 16.4 Å². The van der Waals surface area contributed by atoms with E-state index in [1.165, 1.54) is 0 Å². The maximum Gasteiger partial charge on any atom is 0.172 e. The summed E-state index contributed by atoms with van der Waals surface area (Å²) in [5.41, 5.74) is 2.98. The van der Waals surface area contributed by atoms with Crippen molar-refractivity contribution in [2.75, 3.05) is 0 Å². The van der Waals surface area contributed by atoms with E-state index in [2.05, 4.69) is 10.3 Å². The lowest BCUT2D eigenvalue weighted by molar-refractivity contribution is 0.111. The van der Waals surface area contributed by atoms with Gasteiger partial charge in [0.05, 0.1) is 6.04 Å². The molecule has 0 aliphatic rings. The van der Waals surface area contributed by atoms with E-state index < -0.39 is 0 Å². The highest BCUT2D eigenvalue weighted by Crippen LogP contribution is 2.28. The maximum atomic E-state index is 11.3. The SMILES string of the molecule is CC(c1ccccc1)n1nnc(C=O)c1-c1ccc(Cl)cc1. The minimum atomic E-state index is -0.0342. The van der Waals surface area contributed by atoms with Crippen molar-refractivity contribution in [2.24, 2.45) is 0 Å². The molecule has 2 aromatic carbocycles. The van der Waals surface area contributed by atoms with Crippen molar-refractivity contribution in [1.82, 2.24) is 15.0 Å². The van der Waals surface area contributed by atoms with E-state index in [9.17, 15) is 4.79 Å². The number of halogens is 1. The zero-order valence-corrected chi connectivity index (χ0v) is 12.7. The Morgan fingerprint density at radius 3 is 2.41 bits per heavy atom. The highest BCUT2D eigenvalue weighted by molar-refractivity contribution is 6.30. The predicted octanol–water partition coefficient (Wildman–Crippen LogP) is 4.02. The molecule has 4 nitrogen and oxygen atoms in total. The summed E-state index contributed by atoms with van der Waals surface area (Å²) in [6, 6.07) is 17.2. The Hall–Kier alpha value is -2.46. The molecule has 1 aromatic heterocycles. The summed E-state index contributed by atoms with van der Waals surface area (Å²) < 4.78 is 1.77. The Morgan fingerprint density at radius 1 is 1.09 bits per heavy atom. The van der Waals surface area contributed by atoms with Gasteiger partial charge in [0.25, 0.3) is 0 Å². The third-order valence-corrected chi connectivity index (χ3v) is 3.85. The van der Waals surface area contributed by atoms with Gasteiger partial charge in [0, 0.05) is 10.6 Å². The molecular weight excluding hydrogens is 298 g/mol. The van der Waals surface area contributed by atoms with Crippen LogP contribution in [0.1, 0.15) is 29.0 Å². The molecule has 3 aromatic rings. The van der Waals surface area contributed by atoms with Crippen LogP contribution in [0.25, 0.3) is 11.3 Å². The monoisotopic (exact) mass is 311 g/mol. The van der Waals surface area contributed by atoms with Crippen LogP contribution >= 0.6 is 11.6 Å². The van der Waals surface area contributed by atoms with E-state index in [1.54, 1.807) is 16.8 Å². The van der Waals surface area contributed by atoms with E-state index in [-0.39, 0.29) is 6.04 Å². The molecule has 1 atom stereocenters. The Bertz CT molecular complexity index is 781. The van der Waals surface area contributed by atoms with Crippen LogP contribution in [0.15, 0.2) is 54.6 Å². The first-order valence-electron chi connectivity index (χ1n) is 6.92. The Kier molecular flexibility index (Phi) is 4.02. The van der Waals surface area contributed by atoms with E-state index in [1.807, 2.05) is 49.4 Å². The molecule has 0 aliphatic carbocycles. The number of aromatic nitrogens is 3. The number of hydrogen-bond acceptors (Lipinski definition) is 3. The lowest BCUT2D eigenvalue weighted by atomic mass is 10.1. The van der Waals surface area contributed by atoms with Crippen LogP contribution in [0.2, 0.25) is 5.02 Å². The fourth-order valence-corrected chi connectivity index (χ4v) is 2.54. The molecule has 1 heterocycles. The molecular formula is C17H14ClN3O. The van der Waals surface area contributed by atoms with Crippen molar-refractivity contribution >= 4 is 17.9 Å². The lowest BCUT2D eigenvalue weighted by Gasteiger charge is -2.15. The topological polar surface area (TPSA) is 47.8 Å². The van der Waals surface area contributed by atoms with Gasteiger partial charge in [-0.3, -0.25) is 4.79 Å². The number of nitrogens with zero attached hydrogens (tertiary/aromatic N) is 3. The molecule has 0 radical (unpaired) electrons. The van der Waals surface area contributed by atoms with Crippen LogP contribution in [-0.2, 0) is 0 Å². The van der Waals surface area contributed by atoms with Gasteiger partial charge < -0.3 is 0 Å². The fraction of sp³-hybridized carbons (Fsp3) is 0.118. The largest absolute Gasteiger partial charge is 0.296 e. The summed E-state index contributed by atoms with van der Waals surface area (Å²) in [6.45, 7) is 2.03. The standard InChI is InChI=1S/C17H14ClN3O/c1-12(13-5-3-2-4-6-13)21-17(16(11-22)19-20-21)14-7-9-15(18)10-8-14/h2-12H,1H3. The molecule has 0 amide bonds. The fourth-order valence-electron chi connectivity index (χ4n) is 2.42. The van der Waals surface area contributed by atoms with Gasteiger partial charge in [0.15, 0.2) is 12.0 Å². The normalized spacial score (nSPS) is 12.1. The predicted molar refractivity (Wildman–Crippen MR) is 86.1 cm³/mol. The van der Waals surface area contributed by atoms with Crippen LogP contribution < -0.4 is 0 Å². The molecule has 0 N–H and O–H groups in total. The molecule has 0 saturated heterocycles. The third kappa shape index (κ3) is 2.65. The zero-order chi connectivity index (χ0) is 15.5. The van der Waals surface area contributed by atoms with Crippen LogP contribution in [0.5, 0.6) is 0 Å². The van der Waals surface area contributed by atoms with E-state index in [4.69, 9.17) is 11.6 Å². The smallest absolute Gasteiger partial charge is 0.172 e. The molecule has 0 bridgehead atoms. The number of carbonyl (C=O) groups is 1. The number of rotatable bonds is 4. The van der Waals surface area contributed by atoms with Gasteiger partial charge in [-0.05, 0) is 24.6 Å². The highest BCUT2D eigenvalue weighted by Gasteiger charge is 2.19. The molecule has 22 heavy (non-hydrogen) atoms. The first-order valence-corrected chi connectivity index (χ1v) is 7.29. The van der Waals surface area contributed by atoms with Crippen molar-refractivity contribution in [1.29, 1.82) is 0 Å². The van der Waals surface area contributed by atoms with Crippen molar-refractivity contribution < 1.29 is 4.79 Å². The third-order valence-electron chi connectivity index (χ3n) is 3.60. The second-order valence-electron chi connectivity index (χ2n) is 4.98. The van der Waals surface area contributed by atoms with Gasteiger partial charge >= 0.3 is 0 Å². The summed E-state index contributed by atoms with van der Waals surface area (Å²) in [4.78, 5) is 11.3. The van der Waals surface area contributed by atoms with Crippen molar-refractivity contribution in [2.45, 2.75) is 13.0 Å². The number of hydrogen-bond donors (Lipinski definition) is 0. The lowest BCUT2D eigenvalue weighted by Crippen LogP contribution is -2.10. The van der Waals surface area contributed by atoms with Crippen molar-refractivity contribution in [3.8, 4) is 11.3 Å². The highest BCUT2D eigenvalue weighted by atomic mass is 35.5. The zero-order valence-electron chi connectivity index (χ0n) is 12.0. The van der Waals surface area contributed by atoms with Crippen LogP contribution in [0.4, 0.5) is 0 Å². The van der Waals surface area contributed by atoms with Crippen molar-refractivity contribution in [3.63, 3.8) is 0 Å². The second kappa shape index (κ2) is 6.12. The quantitative estimate of drug-likeness (QED) is 0.684. The Morgan fingerprint density at radius 2 is 1.77 bits per heavy atom. The molecule has 110 valence electrons. The summed E-state index contributed by atoms with van der Waals surface area (Å²) in [6.07, 6.45) is 0.727. The van der Waals surface area contributed by atoms with Gasteiger partial charge in [-0.25, -0.2) is 4.68 Å². The summed E-state index contributed by atoms with van der Waals surface area (Å²) in [5.74, 6) is 0. The molecule has 0 spiro atoms. The average molecular weight is 312 g/mol. The van der Waals surface area contributed by atoms with Gasteiger partial charge in [0.2, 0.25) is 0 Å². The molecule has 0 fully saturated rings. The van der Waals surface area contributed by atoms with Gasteiger partial charge in [-0.2, -0.15) is 0 Å². The van der Waals surface area contributed by atoms with E-state index >= 15 is 0 Å². The number of carbonyl (C=O) groups excluding carboxylic acids is 1. The summed E-state index contributed by atoms with van der Waals surface area (Å²) in [5, 5.41) is 8.80. The second-order valence-corrected chi connectivity index (χ2v) is 5.42. The molecule has 0 aliphatic heterocycles. The number of aldehydes is 1. The Balaban J connectivity index is 2.11. The van der Waals surface area contributed by atoms with Crippen molar-refractivity contribution in [3.05, 3.63) is 70.9 Å². The molecule has 0 saturated carbocycles. The van der Waals surface area contributed by atoms with Gasteiger partial charge in [-0.15, -0.1) is 5.10 Å². The van der Waals surface area contributed by atoms with E-state index in [0.717, 1.165) is 17.4 Å². The molecule has 5 heteroatoms. The molecule has 3 rings (SSSR count). The Labute approximate surface area is 133 Å². The number of benzene rings is 2. The summed E-state index contributed by atoms with van der Waals surface area (Å²) in [7, 11) is 0.